The first-order valence-electron chi connectivity index (χ1n) is 8.92. The number of non-ortho nitro benzene ring substituents is 1. The number of amides is 1. The molecule has 140 valence electrons. The Morgan fingerprint density at radius 1 is 1.41 bits per heavy atom. The molecule has 3 heterocycles. The van der Waals surface area contributed by atoms with Gasteiger partial charge in [0, 0.05) is 30.1 Å². The van der Waals surface area contributed by atoms with Gasteiger partial charge in [-0.15, -0.1) is 11.3 Å². The van der Waals surface area contributed by atoms with Gasteiger partial charge < -0.3 is 10.6 Å². The Balaban J connectivity index is 1.54. The summed E-state index contributed by atoms with van der Waals surface area (Å²) in [6.07, 6.45) is 4.16. The Kier molecular flexibility index (Phi) is 4.67. The zero-order valence-corrected chi connectivity index (χ0v) is 15.7. The quantitative estimate of drug-likeness (QED) is 0.624. The molecule has 2 N–H and O–H groups in total. The van der Waals surface area contributed by atoms with Crippen molar-refractivity contribution in [3.63, 3.8) is 0 Å². The number of likely N-dealkylation sites (N-methyl/N-ethyl adjacent to an activating group) is 1. The highest BCUT2D eigenvalue weighted by molar-refractivity contribution is 7.16. The third kappa shape index (κ3) is 3.45. The van der Waals surface area contributed by atoms with E-state index in [2.05, 4.69) is 22.5 Å². The molecular weight excluding hydrogens is 364 g/mol. The van der Waals surface area contributed by atoms with E-state index >= 15 is 0 Å². The third-order valence-corrected chi connectivity index (χ3v) is 6.09. The Hall–Kier alpha value is -2.71. The molecule has 0 aliphatic carbocycles. The van der Waals surface area contributed by atoms with Crippen molar-refractivity contribution in [2.75, 3.05) is 18.4 Å². The zero-order chi connectivity index (χ0) is 19.0. The second-order valence-corrected chi connectivity index (χ2v) is 7.74. The summed E-state index contributed by atoms with van der Waals surface area (Å²) in [5.74, 6) is -0.0557. The van der Waals surface area contributed by atoms with Crippen molar-refractivity contribution in [1.29, 1.82) is 0 Å². The van der Waals surface area contributed by atoms with E-state index < -0.39 is 4.92 Å². The Morgan fingerprint density at radius 2 is 2.26 bits per heavy atom. The van der Waals surface area contributed by atoms with Crippen LogP contribution in [0.3, 0.4) is 0 Å². The minimum atomic E-state index is -0.417. The number of nitrogens with one attached hydrogen (secondary N) is 2. The maximum absolute atomic E-state index is 12.7. The van der Waals surface area contributed by atoms with E-state index in [-0.39, 0.29) is 17.8 Å². The smallest absolute Gasteiger partial charge is 0.270 e. The molecule has 1 aromatic heterocycles. The minimum absolute atomic E-state index is 0.0477. The number of hydrogen-bond acceptors (Lipinski definition) is 6. The van der Waals surface area contributed by atoms with Crippen LogP contribution in [-0.2, 0) is 13.0 Å². The Bertz CT molecular complexity index is 937. The number of hydrogen-bond donors (Lipinski definition) is 2. The normalized spacial score (nSPS) is 19.3. The molecule has 7 nitrogen and oxygen atoms in total. The highest BCUT2D eigenvalue weighted by Crippen LogP contribution is 2.38. The van der Waals surface area contributed by atoms with Gasteiger partial charge in [-0.2, -0.15) is 0 Å². The number of fused-ring (bicyclic) bond motifs is 3. The van der Waals surface area contributed by atoms with E-state index in [1.165, 1.54) is 22.6 Å². The average Bonchev–Trinajstić information content (AvgIpc) is 3.04. The first-order chi connectivity index (χ1) is 13.0. The summed E-state index contributed by atoms with van der Waals surface area (Å²) in [5.41, 5.74) is 2.72. The van der Waals surface area contributed by atoms with Crippen molar-refractivity contribution < 1.29 is 9.72 Å². The van der Waals surface area contributed by atoms with Gasteiger partial charge in [0.05, 0.1) is 10.5 Å². The van der Waals surface area contributed by atoms with E-state index in [1.54, 1.807) is 29.5 Å². The molecule has 2 aromatic rings. The standard InChI is InChI=1S/C19H20N4O3S/c1-2-22-9-8-14-15(11-22)27-19-17(14)18(24)20-16(21-19)7-6-12-4-3-5-13(10-12)23(25)26/h3-7,10,16,21H,2,8-9,11H2,1H3,(H,20,24)/b7-6-/t16-/m1/s1. The highest BCUT2D eigenvalue weighted by atomic mass is 32.1. The first kappa shape index (κ1) is 17.7. The van der Waals surface area contributed by atoms with Gasteiger partial charge in [-0.3, -0.25) is 19.8 Å². The van der Waals surface area contributed by atoms with Crippen LogP contribution in [0.25, 0.3) is 6.08 Å². The fourth-order valence-electron chi connectivity index (χ4n) is 3.50. The third-order valence-electron chi connectivity index (χ3n) is 4.95. The maximum atomic E-state index is 12.7. The number of carbonyl (C=O) groups excluding carboxylic acids is 1. The minimum Gasteiger partial charge on any atom is -0.353 e. The number of benzene rings is 1. The van der Waals surface area contributed by atoms with Crippen LogP contribution in [0, 0.1) is 10.1 Å². The van der Waals surface area contributed by atoms with E-state index in [1.807, 2.05) is 6.08 Å². The van der Waals surface area contributed by atoms with Gasteiger partial charge in [-0.1, -0.05) is 25.1 Å². The molecule has 2 aliphatic heterocycles. The van der Waals surface area contributed by atoms with Crippen LogP contribution in [-0.4, -0.2) is 35.0 Å². The average molecular weight is 384 g/mol. The van der Waals surface area contributed by atoms with Crippen LogP contribution in [0.5, 0.6) is 0 Å². The number of nitro groups is 1. The number of rotatable bonds is 4. The molecule has 0 bridgehead atoms. The summed E-state index contributed by atoms with van der Waals surface area (Å²) in [7, 11) is 0. The summed E-state index contributed by atoms with van der Waals surface area (Å²) in [4.78, 5) is 26.8. The van der Waals surface area contributed by atoms with Gasteiger partial charge >= 0.3 is 0 Å². The van der Waals surface area contributed by atoms with Gasteiger partial charge in [0.1, 0.15) is 11.2 Å². The summed E-state index contributed by atoms with van der Waals surface area (Å²) in [6, 6.07) is 6.41. The molecule has 0 spiro atoms. The molecule has 0 saturated heterocycles. The Morgan fingerprint density at radius 3 is 3.04 bits per heavy atom. The van der Waals surface area contributed by atoms with Crippen LogP contribution < -0.4 is 10.6 Å². The molecular formula is C19H20N4O3S. The molecule has 1 amide bonds. The lowest BCUT2D eigenvalue weighted by Crippen LogP contribution is -2.43. The van der Waals surface area contributed by atoms with Gasteiger partial charge in [0.2, 0.25) is 0 Å². The second kappa shape index (κ2) is 7.13. The fourth-order valence-corrected chi connectivity index (χ4v) is 4.83. The molecule has 2 aliphatic rings. The van der Waals surface area contributed by atoms with Crippen LogP contribution in [0.2, 0.25) is 0 Å². The summed E-state index contributed by atoms with van der Waals surface area (Å²) in [5, 5.41) is 18.1. The number of carbonyl (C=O) groups is 1. The monoisotopic (exact) mass is 384 g/mol. The number of nitro benzene ring substituents is 1. The molecule has 1 aromatic carbocycles. The lowest BCUT2D eigenvalue weighted by molar-refractivity contribution is -0.384. The van der Waals surface area contributed by atoms with Crippen LogP contribution in [0.15, 0.2) is 30.3 Å². The predicted octanol–water partition coefficient (Wildman–Crippen LogP) is 3.23. The molecule has 8 heteroatoms. The predicted molar refractivity (Wildman–Crippen MR) is 106 cm³/mol. The van der Waals surface area contributed by atoms with Crippen molar-refractivity contribution in [1.82, 2.24) is 10.2 Å². The number of thiophene rings is 1. The van der Waals surface area contributed by atoms with E-state index in [0.717, 1.165) is 42.2 Å². The van der Waals surface area contributed by atoms with E-state index in [4.69, 9.17) is 0 Å². The van der Waals surface area contributed by atoms with Crippen molar-refractivity contribution in [3.05, 3.63) is 62.0 Å². The molecule has 0 saturated carbocycles. The molecule has 27 heavy (non-hydrogen) atoms. The molecule has 4 rings (SSSR count). The van der Waals surface area contributed by atoms with Crippen molar-refractivity contribution in [2.45, 2.75) is 26.1 Å². The van der Waals surface area contributed by atoms with Crippen molar-refractivity contribution in [2.24, 2.45) is 0 Å². The number of anilines is 1. The number of nitrogens with zero attached hydrogens (tertiary/aromatic N) is 2. The van der Waals surface area contributed by atoms with Crippen molar-refractivity contribution >= 4 is 34.0 Å². The molecule has 0 radical (unpaired) electrons. The van der Waals surface area contributed by atoms with Crippen LogP contribution in [0.1, 0.15) is 33.3 Å². The van der Waals surface area contributed by atoms with Crippen LogP contribution >= 0.6 is 11.3 Å². The van der Waals surface area contributed by atoms with Gasteiger partial charge in [0.15, 0.2) is 0 Å². The molecule has 1 atom stereocenters. The lowest BCUT2D eigenvalue weighted by Gasteiger charge is -2.26. The van der Waals surface area contributed by atoms with E-state index in [0.29, 0.717) is 0 Å². The van der Waals surface area contributed by atoms with Gasteiger partial charge in [0.25, 0.3) is 11.6 Å². The highest BCUT2D eigenvalue weighted by Gasteiger charge is 2.31. The summed E-state index contributed by atoms with van der Waals surface area (Å²) < 4.78 is 0. The first-order valence-corrected chi connectivity index (χ1v) is 9.73. The van der Waals surface area contributed by atoms with Gasteiger partial charge in [-0.05, 0) is 30.2 Å². The zero-order valence-electron chi connectivity index (χ0n) is 14.9. The SMILES string of the molecule is CCN1CCc2c(sc3c2C(=O)N[C@@H](/C=C\c2cccc([N+](=O)[O-])c2)N3)C1. The molecule has 0 fully saturated rings. The summed E-state index contributed by atoms with van der Waals surface area (Å²) >= 11 is 1.66. The summed E-state index contributed by atoms with van der Waals surface area (Å²) in [6.45, 7) is 5.04. The van der Waals surface area contributed by atoms with Crippen LogP contribution in [0.4, 0.5) is 10.7 Å². The van der Waals surface area contributed by atoms with Gasteiger partial charge in [-0.25, -0.2) is 0 Å². The maximum Gasteiger partial charge on any atom is 0.270 e. The lowest BCUT2D eigenvalue weighted by atomic mass is 10.0. The van der Waals surface area contributed by atoms with Crippen molar-refractivity contribution in [3.8, 4) is 0 Å². The second-order valence-electron chi connectivity index (χ2n) is 6.63. The largest absolute Gasteiger partial charge is 0.353 e. The molecule has 0 unspecified atom stereocenters. The Labute approximate surface area is 160 Å². The topological polar surface area (TPSA) is 87.5 Å². The van der Waals surface area contributed by atoms with E-state index in [9.17, 15) is 14.9 Å². The fraction of sp³-hybridized carbons (Fsp3) is 0.316.